The van der Waals surface area contributed by atoms with Gasteiger partial charge in [0.05, 0.1) is 17.9 Å². The molecule has 3 heterocycles. The fourth-order valence-electron chi connectivity index (χ4n) is 2.61. The second-order valence-corrected chi connectivity index (χ2v) is 5.41. The average molecular weight is 271 g/mol. The van der Waals surface area contributed by atoms with Crippen LogP contribution < -0.4 is 10.2 Å². The Morgan fingerprint density at radius 2 is 2.00 bits per heavy atom. The van der Waals surface area contributed by atoms with Crippen LogP contribution in [0.5, 0.6) is 0 Å². The molecule has 1 unspecified atom stereocenters. The van der Waals surface area contributed by atoms with Crippen molar-refractivity contribution in [1.29, 1.82) is 0 Å². The first-order valence-electron chi connectivity index (χ1n) is 7.26. The van der Waals surface area contributed by atoms with Gasteiger partial charge >= 0.3 is 0 Å². The molecule has 20 heavy (non-hydrogen) atoms. The van der Waals surface area contributed by atoms with E-state index in [1.807, 2.05) is 25.3 Å². The first kappa shape index (κ1) is 13.0. The predicted molar refractivity (Wildman–Crippen MR) is 81.2 cm³/mol. The molecule has 1 aliphatic heterocycles. The lowest BCUT2D eigenvalue weighted by molar-refractivity contribution is 0.467. The summed E-state index contributed by atoms with van der Waals surface area (Å²) >= 11 is 0. The number of furan rings is 1. The van der Waals surface area contributed by atoms with Crippen molar-refractivity contribution in [2.45, 2.75) is 32.7 Å². The molecule has 1 atom stereocenters. The van der Waals surface area contributed by atoms with E-state index in [0.717, 1.165) is 36.1 Å². The van der Waals surface area contributed by atoms with E-state index in [1.165, 1.54) is 12.8 Å². The topological polar surface area (TPSA) is 41.3 Å². The van der Waals surface area contributed by atoms with Crippen LogP contribution in [0.3, 0.4) is 0 Å². The Morgan fingerprint density at radius 3 is 2.60 bits per heavy atom. The van der Waals surface area contributed by atoms with E-state index in [2.05, 4.69) is 34.3 Å². The number of nitrogens with one attached hydrogen (secondary N) is 1. The summed E-state index contributed by atoms with van der Waals surface area (Å²) in [5.74, 6) is 2.97. The van der Waals surface area contributed by atoms with Crippen molar-refractivity contribution in [2.75, 3.05) is 23.3 Å². The number of aryl methyl sites for hydroxylation is 1. The minimum atomic E-state index is 0.142. The maximum absolute atomic E-state index is 5.63. The predicted octanol–water partition coefficient (Wildman–Crippen LogP) is 3.76. The smallest absolute Gasteiger partial charge is 0.128 e. The van der Waals surface area contributed by atoms with E-state index in [9.17, 15) is 0 Å². The van der Waals surface area contributed by atoms with E-state index in [4.69, 9.17) is 4.42 Å². The summed E-state index contributed by atoms with van der Waals surface area (Å²) in [5.41, 5.74) is 1.02. The molecule has 1 fully saturated rings. The highest BCUT2D eigenvalue weighted by Gasteiger charge is 2.14. The lowest BCUT2D eigenvalue weighted by atomic mass is 10.2. The van der Waals surface area contributed by atoms with Crippen LogP contribution in [0.2, 0.25) is 0 Å². The monoisotopic (exact) mass is 271 g/mol. The summed E-state index contributed by atoms with van der Waals surface area (Å²) in [7, 11) is 0. The summed E-state index contributed by atoms with van der Waals surface area (Å²) in [6, 6.07) is 8.32. The van der Waals surface area contributed by atoms with Crippen molar-refractivity contribution < 1.29 is 4.42 Å². The van der Waals surface area contributed by atoms with Gasteiger partial charge in [0, 0.05) is 13.1 Å². The molecule has 3 rings (SSSR count). The molecule has 0 aliphatic carbocycles. The summed E-state index contributed by atoms with van der Waals surface area (Å²) < 4.78 is 5.63. The Hall–Kier alpha value is -1.97. The summed E-state index contributed by atoms with van der Waals surface area (Å²) in [5, 5.41) is 3.41. The van der Waals surface area contributed by atoms with Crippen LogP contribution in [0.15, 0.2) is 34.9 Å². The van der Waals surface area contributed by atoms with Gasteiger partial charge in [-0.25, -0.2) is 4.98 Å². The lowest BCUT2D eigenvalue weighted by Crippen LogP contribution is -2.18. The van der Waals surface area contributed by atoms with Crippen LogP contribution in [0.1, 0.15) is 37.3 Å². The normalized spacial score (nSPS) is 16.4. The third-order valence-corrected chi connectivity index (χ3v) is 3.75. The van der Waals surface area contributed by atoms with Gasteiger partial charge in [-0.2, -0.15) is 0 Å². The molecule has 0 amide bonds. The zero-order valence-electron chi connectivity index (χ0n) is 12.1. The molecule has 0 saturated carbocycles. The Balaban J connectivity index is 1.65. The van der Waals surface area contributed by atoms with Crippen LogP contribution in [0.25, 0.3) is 0 Å². The quantitative estimate of drug-likeness (QED) is 0.919. The molecule has 0 bridgehead atoms. The number of rotatable bonds is 4. The molecular weight excluding hydrogens is 250 g/mol. The number of anilines is 2. The second-order valence-electron chi connectivity index (χ2n) is 5.41. The van der Waals surface area contributed by atoms with E-state index >= 15 is 0 Å². The highest BCUT2D eigenvalue weighted by molar-refractivity contribution is 5.49. The molecule has 4 heteroatoms. The minimum Gasteiger partial charge on any atom is -0.464 e. The van der Waals surface area contributed by atoms with Crippen molar-refractivity contribution in [3.05, 3.63) is 42.0 Å². The SMILES string of the molecule is Cc1ccc(C(C)Nc2ccc(N3CCCC3)nc2)o1. The molecule has 106 valence electrons. The summed E-state index contributed by atoms with van der Waals surface area (Å²) in [6.45, 7) is 6.30. The molecule has 4 nitrogen and oxygen atoms in total. The van der Waals surface area contributed by atoms with Crippen LogP contribution in [-0.4, -0.2) is 18.1 Å². The zero-order chi connectivity index (χ0) is 13.9. The third-order valence-electron chi connectivity index (χ3n) is 3.75. The van der Waals surface area contributed by atoms with Crippen molar-refractivity contribution in [3.8, 4) is 0 Å². The first-order chi connectivity index (χ1) is 9.72. The summed E-state index contributed by atoms with van der Waals surface area (Å²) in [6.07, 6.45) is 4.45. The number of nitrogens with zero attached hydrogens (tertiary/aromatic N) is 2. The molecule has 1 N–H and O–H groups in total. The van der Waals surface area contributed by atoms with Crippen LogP contribution in [0.4, 0.5) is 11.5 Å². The van der Waals surface area contributed by atoms with Crippen molar-refractivity contribution in [1.82, 2.24) is 4.98 Å². The van der Waals surface area contributed by atoms with Crippen LogP contribution >= 0.6 is 0 Å². The highest BCUT2D eigenvalue weighted by atomic mass is 16.3. The van der Waals surface area contributed by atoms with Gasteiger partial charge in [-0.1, -0.05) is 0 Å². The Bertz CT molecular complexity index is 555. The average Bonchev–Trinajstić information content (AvgIpc) is 3.10. The van der Waals surface area contributed by atoms with Gasteiger partial charge in [0.2, 0.25) is 0 Å². The Kier molecular flexibility index (Phi) is 3.63. The molecule has 2 aromatic rings. The van der Waals surface area contributed by atoms with Gasteiger partial charge in [0.1, 0.15) is 17.3 Å². The number of aromatic nitrogens is 1. The Labute approximate surface area is 119 Å². The van der Waals surface area contributed by atoms with E-state index in [1.54, 1.807) is 0 Å². The van der Waals surface area contributed by atoms with E-state index in [0.29, 0.717) is 0 Å². The minimum absolute atomic E-state index is 0.142. The van der Waals surface area contributed by atoms with E-state index < -0.39 is 0 Å². The maximum atomic E-state index is 5.63. The van der Waals surface area contributed by atoms with Crippen molar-refractivity contribution in [3.63, 3.8) is 0 Å². The fourth-order valence-corrected chi connectivity index (χ4v) is 2.61. The molecule has 0 spiro atoms. The number of hydrogen-bond donors (Lipinski definition) is 1. The molecule has 0 aromatic carbocycles. The van der Waals surface area contributed by atoms with Gasteiger partial charge in [-0.05, 0) is 51.0 Å². The maximum Gasteiger partial charge on any atom is 0.128 e. The molecule has 1 aliphatic rings. The molecule has 1 saturated heterocycles. The first-order valence-corrected chi connectivity index (χ1v) is 7.26. The molecular formula is C16H21N3O. The van der Waals surface area contributed by atoms with Crippen LogP contribution in [-0.2, 0) is 0 Å². The lowest BCUT2D eigenvalue weighted by Gasteiger charge is -2.17. The summed E-state index contributed by atoms with van der Waals surface area (Å²) in [4.78, 5) is 6.88. The second kappa shape index (κ2) is 5.57. The van der Waals surface area contributed by atoms with Crippen molar-refractivity contribution in [2.24, 2.45) is 0 Å². The molecule has 2 aromatic heterocycles. The highest BCUT2D eigenvalue weighted by Crippen LogP contribution is 2.23. The zero-order valence-corrected chi connectivity index (χ0v) is 12.1. The van der Waals surface area contributed by atoms with Gasteiger partial charge < -0.3 is 14.6 Å². The largest absolute Gasteiger partial charge is 0.464 e. The van der Waals surface area contributed by atoms with Gasteiger partial charge in [0.25, 0.3) is 0 Å². The van der Waals surface area contributed by atoms with Gasteiger partial charge in [0.15, 0.2) is 0 Å². The van der Waals surface area contributed by atoms with Gasteiger partial charge in [-0.3, -0.25) is 0 Å². The van der Waals surface area contributed by atoms with E-state index in [-0.39, 0.29) is 6.04 Å². The van der Waals surface area contributed by atoms with Gasteiger partial charge in [-0.15, -0.1) is 0 Å². The number of hydrogen-bond acceptors (Lipinski definition) is 4. The number of pyridine rings is 1. The standard InChI is InChI=1S/C16H21N3O/c1-12-5-7-15(20-12)13(2)18-14-6-8-16(17-11-14)19-9-3-4-10-19/h5-8,11,13,18H,3-4,9-10H2,1-2H3. The Morgan fingerprint density at radius 1 is 1.20 bits per heavy atom. The third kappa shape index (κ3) is 2.79. The van der Waals surface area contributed by atoms with Crippen LogP contribution in [0, 0.1) is 6.92 Å². The fraction of sp³-hybridized carbons (Fsp3) is 0.438. The van der Waals surface area contributed by atoms with Crippen molar-refractivity contribution >= 4 is 11.5 Å². The molecule has 0 radical (unpaired) electrons.